The fraction of sp³-hybridized carbons (Fsp3) is 0.304. The highest BCUT2D eigenvalue weighted by molar-refractivity contribution is 8.00. The first-order chi connectivity index (χ1) is 16.0. The Kier molecular flexibility index (Phi) is 6.22. The summed E-state index contributed by atoms with van der Waals surface area (Å²) >= 11 is 4.60. The molecule has 3 aromatic heterocycles. The van der Waals surface area contributed by atoms with Crippen LogP contribution in [0.1, 0.15) is 35.7 Å². The molecular formula is C23H22N4O3S3. The van der Waals surface area contributed by atoms with E-state index in [0.717, 1.165) is 30.1 Å². The molecule has 1 saturated heterocycles. The van der Waals surface area contributed by atoms with Gasteiger partial charge >= 0.3 is 0 Å². The minimum atomic E-state index is -0.130. The Bertz CT molecular complexity index is 1320. The molecule has 33 heavy (non-hydrogen) atoms. The third-order valence-electron chi connectivity index (χ3n) is 5.55. The van der Waals surface area contributed by atoms with Gasteiger partial charge in [0.1, 0.15) is 10.6 Å². The lowest BCUT2D eigenvalue weighted by atomic mass is 10.1. The number of nitrogens with zero attached hydrogens (tertiary/aromatic N) is 4. The van der Waals surface area contributed by atoms with E-state index < -0.39 is 0 Å². The minimum absolute atomic E-state index is 0.0355. The van der Waals surface area contributed by atoms with Crippen LogP contribution in [0.3, 0.4) is 0 Å². The number of thiophene rings is 1. The summed E-state index contributed by atoms with van der Waals surface area (Å²) in [6.07, 6.45) is 0. The summed E-state index contributed by atoms with van der Waals surface area (Å²) in [5.74, 6) is 0.851. The Balaban J connectivity index is 1.32. The molecule has 0 saturated carbocycles. The van der Waals surface area contributed by atoms with Crippen LogP contribution in [0.15, 0.2) is 45.2 Å². The van der Waals surface area contributed by atoms with Gasteiger partial charge in [0.2, 0.25) is 0 Å². The van der Waals surface area contributed by atoms with Crippen LogP contribution < -0.4 is 0 Å². The van der Waals surface area contributed by atoms with Gasteiger partial charge in [-0.25, -0.2) is 0 Å². The van der Waals surface area contributed by atoms with Crippen molar-refractivity contribution in [1.82, 2.24) is 20.0 Å². The van der Waals surface area contributed by atoms with Crippen molar-refractivity contribution >= 4 is 57.2 Å². The largest absolute Gasteiger partial charge is 0.451 e. The summed E-state index contributed by atoms with van der Waals surface area (Å²) < 4.78 is 6.91. The molecule has 4 aromatic rings. The number of aromatic nitrogens is 2. The highest BCUT2D eigenvalue weighted by Crippen LogP contribution is 2.34. The highest BCUT2D eigenvalue weighted by Gasteiger charge is 2.30. The van der Waals surface area contributed by atoms with Gasteiger partial charge < -0.3 is 14.2 Å². The molecule has 5 rings (SSSR count). The SMILES string of the molecule is Cc1ccc(C(=O)N2CCN(C(=O)c3oc4ccccc4c3CSc3nnc(C)s3)CC2)s1. The molecular weight excluding hydrogens is 476 g/mol. The van der Waals surface area contributed by atoms with Crippen LogP contribution in [0, 0.1) is 13.8 Å². The van der Waals surface area contributed by atoms with E-state index in [1.54, 1.807) is 16.7 Å². The third-order valence-corrected chi connectivity index (χ3v) is 8.53. The number of rotatable bonds is 5. The van der Waals surface area contributed by atoms with Crippen LogP contribution in [0.25, 0.3) is 11.0 Å². The van der Waals surface area contributed by atoms with Crippen LogP contribution in [0.2, 0.25) is 0 Å². The van der Waals surface area contributed by atoms with Gasteiger partial charge in [-0.15, -0.1) is 21.5 Å². The summed E-state index contributed by atoms with van der Waals surface area (Å²) in [5.41, 5.74) is 1.58. The first-order valence-corrected chi connectivity index (χ1v) is 13.2. The van der Waals surface area contributed by atoms with Crippen LogP contribution in [-0.2, 0) is 5.75 Å². The van der Waals surface area contributed by atoms with E-state index in [-0.39, 0.29) is 11.8 Å². The number of amides is 2. The van der Waals surface area contributed by atoms with Crippen molar-refractivity contribution in [2.75, 3.05) is 26.2 Å². The van der Waals surface area contributed by atoms with Crippen molar-refractivity contribution in [3.05, 3.63) is 62.5 Å². The molecule has 0 radical (unpaired) electrons. The molecule has 2 amide bonds. The number of furan rings is 1. The van der Waals surface area contributed by atoms with E-state index in [4.69, 9.17) is 4.42 Å². The van der Waals surface area contributed by atoms with Crippen LogP contribution >= 0.6 is 34.4 Å². The molecule has 1 aliphatic heterocycles. The number of hydrogen-bond donors (Lipinski definition) is 0. The second-order valence-corrected chi connectivity index (χ2v) is 11.5. The quantitative estimate of drug-likeness (QED) is 0.366. The molecule has 0 unspecified atom stereocenters. The molecule has 4 heterocycles. The van der Waals surface area contributed by atoms with Gasteiger partial charge in [-0.1, -0.05) is 41.3 Å². The lowest BCUT2D eigenvalue weighted by molar-refractivity contribution is 0.0521. The zero-order valence-electron chi connectivity index (χ0n) is 18.2. The topological polar surface area (TPSA) is 79.5 Å². The number of hydrogen-bond acceptors (Lipinski definition) is 8. The van der Waals surface area contributed by atoms with Gasteiger partial charge in [0.05, 0.1) is 4.88 Å². The fourth-order valence-electron chi connectivity index (χ4n) is 3.85. The molecule has 1 aromatic carbocycles. The minimum Gasteiger partial charge on any atom is -0.451 e. The normalized spacial score (nSPS) is 14.2. The summed E-state index contributed by atoms with van der Waals surface area (Å²) in [7, 11) is 0. The lowest BCUT2D eigenvalue weighted by Gasteiger charge is -2.34. The van der Waals surface area contributed by atoms with E-state index in [1.807, 2.05) is 55.1 Å². The predicted molar refractivity (Wildman–Crippen MR) is 131 cm³/mol. The lowest BCUT2D eigenvalue weighted by Crippen LogP contribution is -2.50. The van der Waals surface area contributed by atoms with Crippen molar-refractivity contribution in [1.29, 1.82) is 0 Å². The van der Waals surface area contributed by atoms with Crippen LogP contribution in [-0.4, -0.2) is 58.0 Å². The first kappa shape index (κ1) is 22.1. The molecule has 0 N–H and O–H groups in total. The van der Waals surface area contributed by atoms with Gasteiger partial charge in [0.25, 0.3) is 11.8 Å². The zero-order chi connectivity index (χ0) is 22.9. The summed E-state index contributed by atoms with van der Waals surface area (Å²) in [6, 6.07) is 11.6. The fourth-order valence-corrected chi connectivity index (χ4v) is 6.53. The number of aryl methyl sites for hydroxylation is 2. The number of para-hydroxylation sites is 1. The molecule has 7 nitrogen and oxygen atoms in total. The molecule has 0 spiro atoms. The van der Waals surface area contributed by atoms with E-state index in [2.05, 4.69) is 10.2 Å². The molecule has 170 valence electrons. The second-order valence-electron chi connectivity index (χ2n) is 7.78. The number of benzene rings is 1. The predicted octanol–water partition coefficient (Wildman–Crippen LogP) is 4.85. The number of fused-ring (bicyclic) bond motifs is 1. The monoisotopic (exact) mass is 498 g/mol. The van der Waals surface area contributed by atoms with Gasteiger partial charge in [-0.05, 0) is 32.0 Å². The van der Waals surface area contributed by atoms with Crippen LogP contribution in [0.5, 0.6) is 0 Å². The number of carbonyl (C=O) groups is 2. The summed E-state index contributed by atoms with van der Waals surface area (Å²) in [5, 5.41) is 10.1. The van der Waals surface area contributed by atoms with E-state index >= 15 is 0 Å². The Morgan fingerprint density at radius 2 is 1.70 bits per heavy atom. The van der Waals surface area contributed by atoms with Gasteiger partial charge in [0, 0.05) is 47.8 Å². The van der Waals surface area contributed by atoms with Crippen molar-refractivity contribution in [3.63, 3.8) is 0 Å². The van der Waals surface area contributed by atoms with Crippen molar-refractivity contribution < 1.29 is 14.0 Å². The Hall–Kier alpha value is -2.69. The Morgan fingerprint density at radius 3 is 2.36 bits per heavy atom. The number of piperazine rings is 1. The second kappa shape index (κ2) is 9.28. The highest BCUT2D eigenvalue weighted by atomic mass is 32.2. The van der Waals surface area contributed by atoms with E-state index in [9.17, 15) is 9.59 Å². The van der Waals surface area contributed by atoms with Gasteiger partial charge in [-0.2, -0.15) is 0 Å². The van der Waals surface area contributed by atoms with E-state index in [1.165, 1.54) is 22.7 Å². The summed E-state index contributed by atoms with van der Waals surface area (Å²) in [4.78, 5) is 31.7. The summed E-state index contributed by atoms with van der Waals surface area (Å²) in [6.45, 7) is 5.90. The molecule has 0 aliphatic carbocycles. The van der Waals surface area contributed by atoms with Gasteiger partial charge in [0.15, 0.2) is 10.1 Å². The van der Waals surface area contributed by atoms with Crippen molar-refractivity contribution in [2.45, 2.75) is 23.9 Å². The smallest absolute Gasteiger partial charge is 0.290 e. The maximum atomic E-state index is 13.5. The molecule has 0 bridgehead atoms. The molecule has 1 fully saturated rings. The van der Waals surface area contributed by atoms with Crippen molar-refractivity contribution in [3.8, 4) is 0 Å². The molecule has 0 atom stereocenters. The maximum absolute atomic E-state index is 13.5. The Labute approximate surface area is 203 Å². The average Bonchev–Trinajstić information content (AvgIpc) is 3.55. The Morgan fingerprint density at radius 1 is 0.970 bits per heavy atom. The zero-order valence-corrected chi connectivity index (χ0v) is 20.7. The van der Waals surface area contributed by atoms with Crippen molar-refractivity contribution in [2.24, 2.45) is 0 Å². The maximum Gasteiger partial charge on any atom is 0.290 e. The van der Waals surface area contributed by atoms with Gasteiger partial charge in [-0.3, -0.25) is 9.59 Å². The first-order valence-electron chi connectivity index (χ1n) is 10.6. The average molecular weight is 499 g/mol. The number of thioether (sulfide) groups is 1. The van der Waals surface area contributed by atoms with Crippen LogP contribution in [0.4, 0.5) is 0 Å². The number of carbonyl (C=O) groups excluding carboxylic acids is 2. The molecule has 10 heteroatoms. The third kappa shape index (κ3) is 4.55. The molecule has 1 aliphatic rings. The standard InChI is InChI=1S/C23H22N4O3S3/c1-14-7-8-19(32-14)21(28)26-9-11-27(12-10-26)22(29)20-17(13-31-23-25-24-15(2)33-23)16-5-3-4-6-18(16)30-20/h3-8H,9-13H2,1-2H3. The van der Waals surface area contributed by atoms with E-state index in [0.29, 0.717) is 43.3 Å².